The van der Waals surface area contributed by atoms with Gasteiger partial charge in [0.25, 0.3) is 23.6 Å². The van der Waals surface area contributed by atoms with E-state index in [2.05, 4.69) is 36.1 Å². The van der Waals surface area contributed by atoms with E-state index >= 15 is 0 Å². The van der Waals surface area contributed by atoms with Crippen LogP contribution in [0, 0.1) is 0 Å². The first-order valence-corrected chi connectivity index (χ1v) is 16.7. The first kappa shape index (κ1) is 35.0. The molecule has 4 heterocycles. The van der Waals surface area contributed by atoms with Gasteiger partial charge in [-0.25, -0.2) is 0 Å². The number of anilines is 3. The normalized spacial score (nSPS) is 13.5. The molecule has 2 aromatic carbocycles. The van der Waals surface area contributed by atoms with Crippen molar-refractivity contribution in [1.82, 2.24) is 29.2 Å². The molecule has 14 heteroatoms. The van der Waals surface area contributed by atoms with Crippen molar-refractivity contribution in [3.8, 4) is 0 Å². The van der Waals surface area contributed by atoms with E-state index < -0.39 is 11.8 Å². The van der Waals surface area contributed by atoms with Crippen LogP contribution in [0.1, 0.15) is 41.8 Å². The van der Waals surface area contributed by atoms with Crippen LogP contribution in [0.2, 0.25) is 0 Å². The SMILES string of the molecule is Cn1cc(NC(=O)c2ccc(NC(=O)c3cc(NC(=O)c4cc5ccccc5cn4)cn3C)cc2)cc1C(=O)NCCN1CCN(CCO)CC1. The first-order valence-electron chi connectivity index (χ1n) is 16.7. The minimum atomic E-state index is -0.394. The molecule has 1 fully saturated rings. The molecule has 3 aromatic heterocycles. The fraction of sp³-hybridized carbons (Fsp3) is 0.270. The number of nitrogens with zero attached hydrogens (tertiary/aromatic N) is 5. The second-order valence-corrected chi connectivity index (χ2v) is 12.5. The lowest BCUT2D eigenvalue weighted by Gasteiger charge is -2.34. The Labute approximate surface area is 295 Å². The Bertz CT molecular complexity index is 2040. The van der Waals surface area contributed by atoms with Gasteiger partial charge in [-0.3, -0.25) is 34.0 Å². The van der Waals surface area contributed by atoms with Gasteiger partial charge in [-0.15, -0.1) is 0 Å². The van der Waals surface area contributed by atoms with Crippen molar-refractivity contribution in [3.05, 3.63) is 108 Å². The molecule has 6 rings (SSSR count). The summed E-state index contributed by atoms with van der Waals surface area (Å²) >= 11 is 0. The van der Waals surface area contributed by atoms with Gasteiger partial charge in [0.2, 0.25) is 0 Å². The van der Waals surface area contributed by atoms with Crippen LogP contribution in [0.15, 0.2) is 85.3 Å². The summed E-state index contributed by atoms with van der Waals surface area (Å²) in [6.45, 7) is 5.67. The van der Waals surface area contributed by atoms with E-state index in [1.165, 1.54) is 0 Å². The third-order valence-corrected chi connectivity index (χ3v) is 8.85. The zero-order chi connectivity index (χ0) is 35.9. The molecule has 51 heavy (non-hydrogen) atoms. The van der Waals surface area contributed by atoms with Crippen LogP contribution in [0.5, 0.6) is 0 Å². The molecule has 0 bridgehead atoms. The molecule has 1 saturated heterocycles. The van der Waals surface area contributed by atoms with Gasteiger partial charge < -0.3 is 35.5 Å². The number of hydrogen-bond acceptors (Lipinski definition) is 8. The van der Waals surface area contributed by atoms with Gasteiger partial charge in [-0.2, -0.15) is 0 Å². The molecule has 0 aliphatic carbocycles. The zero-order valence-electron chi connectivity index (χ0n) is 28.6. The third kappa shape index (κ3) is 8.67. The van der Waals surface area contributed by atoms with E-state index in [-0.39, 0.29) is 24.1 Å². The second-order valence-electron chi connectivity index (χ2n) is 12.5. The van der Waals surface area contributed by atoms with Crippen LogP contribution in [-0.4, -0.2) is 105 Å². The van der Waals surface area contributed by atoms with Gasteiger partial charge in [0, 0.05) is 95.1 Å². The summed E-state index contributed by atoms with van der Waals surface area (Å²) in [5.74, 6) is -1.38. The molecule has 0 radical (unpaired) electrons. The maximum Gasteiger partial charge on any atom is 0.274 e. The van der Waals surface area contributed by atoms with E-state index in [1.807, 2.05) is 24.3 Å². The number of aryl methyl sites for hydroxylation is 2. The van der Waals surface area contributed by atoms with Crippen molar-refractivity contribution in [3.63, 3.8) is 0 Å². The summed E-state index contributed by atoms with van der Waals surface area (Å²) in [6, 6.07) is 19.0. The smallest absolute Gasteiger partial charge is 0.274 e. The maximum atomic E-state index is 13.1. The lowest BCUT2D eigenvalue weighted by Crippen LogP contribution is -2.49. The summed E-state index contributed by atoms with van der Waals surface area (Å²) in [5.41, 5.74) is 2.78. The van der Waals surface area contributed by atoms with Crippen molar-refractivity contribution in [2.24, 2.45) is 14.1 Å². The summed E-state index contributed by atoms with van der Waals surface area (Å²) < 4.78 is 3.27. The monoisotopic (exact) mass is 691 g/mol. The molecule has 4 amide bonds. The molecule has 1 aliphatic rings. The van der Waals surface area contributed by atoms with E-state index in [1.54, 1.807) is 84.3 Å². The van der Waals surface area contributed by atoms with Crippen molar-refractivity contribution in [1.29, 1.82) is 0 Å². The first-order chi connectivity index (χ1) is 24.7. The summed E-state index contributed by atoms with van der Waals surface area (Å²) in [6.07, 6.45) is 4.97. The highest BCUT2D eigenvalue weighted by atomic mass is 16.3. The molecule has 0 spiro atoms. The van der Waals surface area contributed by atoms with Crippen molar-refractivity contribution >= 4 is 51.5 Å². The lowest BCUT2D eigenvalue weighted by molar-refractivity contribution is 0.0917. The molecule has 0 saturated carbocycles. The topological polar surface area (TPSA) is 166 Å². The van der Waals surface area contributed by atoms with Crippen LogP contribution in [0.4, 0.5) is 17.1 Å². The molecule has 14 nitrogen and oxygen atoms in total. The number of fused-ring (bicyclic) bond motifs is 1. The molecule has 0 atom stereocenters. The molecular weight excluding hydrogens is 650 g/mol. The molecular formula is C37H41N9O5. The second kappa shape index (κ2) is 15.8. The average Bonchev–Trinajstić information content (AvgIpc) is 3.69. The Hall–Kier alpha value is -5.83. The van der Waals surface area contributed by atoms with Gasteiger partial charge in [-0.1, -0.05) is 24.3 Å². The molecule has 1 aliphatic heterocycles. The van der Waals surface area contributed by atoms with Gasteiger partial charge in [0.1, 0.15) is 17.1 Å². The number of aliphatic hydroxyl groups excluding tert-OH is 1. The number of carbonyl (C=O) groups is 4. The maximum absolute atomic E-state index is 13.1. The number of nitrogens with one attached hydrogen (secondary N) is 4. The Balaban J connectivity index is 0.983. The number of amides is 4. The van der Waals surface area contributed by atoms with E-state index in [9.17, 15) is 19.2 Å². The molecule has 264 valence electrons. The Kier molecular flexibility index (Phi) is 10.8. The summed E-state index contributed by atoms with van der Waals surface area (Å²) in [5, 5.41) is 22.3. The van der Waals surface area contributed by atoms with E-state index in [4.69, 9.17) is 5.11 Å². The van der Waals surface area contributed by atoms with Crippen LogP contribution < -0.4 is 21.3 Å². The van der Waals surface area contributed by atoms with Gasteiger partial charge in [0.15, 0.2) is 0 Å². The predicted molar refractivity (Wildman–Crippen MR) is 195 cm³/mol. The van der Waals surface area contributed by atoms with Gasteiger partial charge in [0.05, 0.1) is 18.0 Å². The third-order valence-electron chi connectivity index (χ3n) is 8.85. The Morgan fingerprint density at radius 1 is 0.667 bits per heavy atom. The number of β-amino-alcohol motifs (C(OH)–C–C–N with tert-alkyl or cyclic N) is 1. The highest BCUT2D eigenvalue weighted by molar-refractivity contribution is 6.08. The number of piperazine rings is 1. The zero-order valence-corrected chi connectivity index (χ0v) is 28.6. The van der Waals surface area contributed by atoms with Gasteiger partial charge >= 0.3 is 0 Å². The number of hydrogen-bond donors (Lipinski definition) is 5. The number of rotatable bonds is 12. The molecule has 0 unspecified atom stereocenters. The van der Waals surface area contributed by atoms with Crippen LogP contribution in [-0.2, 0) is 14.1 Å². The number of pyridine rings is 1. The summed E-state index contributed by atoms with van der Waals surface area (Å²) in [4.78, 5) is 60.6. The highest BCUT2D eigenvalue weighted by Gasteiger charge is 2.19. The Morgan fingerprint density at radius 3 is 1.88 bits per heavy atom. The average molecular weight is 692 g/mol. The lowest BCUT2D eigenvalue weighted by atomic mass is 10.1. The van der Waals surface area contributed by atoms with E-state index in [0.29, 0.717) is 47.1 Å². The van der Waals surface area contributed by atoms with Crippen LogP contribution >= 0.6 is 0 Å². The quantitative estimate of drug-likeness (QED) is 0.133. The van der Waals surface area contributed by atoms with Crippen molar-refractivity contribution in [2.75, 3.05) is 68.4 Å². The fourth-order valence-corrected chi connectivity index (χ4v) is 6.02. The number of benzene rings is 2. The van der Waals surface area contributed by atoms with Crippen LogP contribution in [0.25, 0.3) is 10.8 Å². The summed E-state index contributed by atoms with van der Waals surface area (Å²) in [7, 11) is 3.45. The van der Waals surface area contributed by atoms with Crippen LogP contribution in [0.3, 0.4) is 0 Å². The number of aromatic nitrogens is 3. The van der Waals surface area contributed by atoms with E-state index in [0.717, 1.165) is 43.5 Å². The minimum absolute atomic E-state index is 0.162. The fourth-order valence-electron chi connectivity index (χ4n) is 6.02. The van der Waals surface area contributed by atoms with Crippen molar-refractivity contribution in [2.45, 2.75) is 0 Å². The standard InChI is InChI=1S/C37H41N9O5/c1-43-23-29(20-32(43)36(50)38-11-12-45-13-15-46(16-14-45)17-18-47)41-34(48)25-7-9-28(10-8-25)40-37(51)33-21-30(24-44(33)2)42-35(49)31-19-26-5-3-4-6-27(26)22-39-31/h3-10,19-24,47H,11-18H2,1-2H3,(H,38,50)(H,40,51)(H,41,48)(H,42,49). The predicted octanol–water partition coefficient (Wildman–Crippen LogP) is 3.01. The molecule has 5 N–H and O–H groups in total. The molecule has 5 aromatic rings. The Morgan fingerprint density at radius 2 is 1.24 bits per heavy atom. The minimum Gasteiger partial charge on any atom is -0.395 e. The number of aliphatic hydroxyl groups is 1. The number of carbonyl (C=O) groups excluding carboxylic acids is 4. The van der Waals surface area contributed by atoms with Crippen molar-refractivity contribution < 1.29 is 24.3 Å². The van der Waals surface area contributed by atoms with Gasteiger partial charge in [-0.05, 0) is 47.9 Å². The largest absolute Gasteiger partial charge is 0.395 e. The highest BCUT2D eigenvalue weighted by Crippen LogP contribution is 2.20.